The molecule has 2 rings (SSSR count). The summed E-state index contributed by atoms with van der Waals surface area (Å²) in [5.74, 6) is 0.695. The summed E-state index contributed by atoms with van der Waals surface area (Å²) >= 11 is 0. The average Bonchev–Trinajstić information content (AvgIpc) is 3.00. The number of hydrogen-bond acceptors (Lipinski definition) is 6. The van der Waals surface area contributed by atoms with E-state index in [1.54, 1.807) is 11.8 Å². The van der Waals surface area contributed by atoms with Gasteiger partial charge in [-0.3, -0.25) is 0 Å². The Balaban J connectivity index is 1.98. The quantitative estimate of drug-likeness (QED) is 0.810. The first kappa shape index (κ1) is 13.7. The maximum absolute atomic E-state index is 5.99. The fraction of sp³-hybridized carbons (Fsp3) is 0.583. The second-order valence-corrected chi connectivity index (χ2v) is 4.45. The Morgan fingerprint density at radius 1 is 1.53 bits per heavy atom. The van der Waals surface area contributed by atoms with Crippen LogP contribution < -0.4 is 5.73 Å². The molecular weight excluding hydrogens is 246 g/mol. The molecule has 1 unspecified atom stereocenters. The number of nitrogens with zero attached hydrogens (tertiary/aromatic N) is 4. The zero-order valence-electron chi connectivity index (χ0n) is 11.2. The third-order valence-corrected chi connectivity index (χ3v) is 2.75. The Labute approximate surface area is 111 Å². The van der Waals surface area contributed by atoms with Gasteiger partial charge in [-0.15, -0.1) is 5.10 Å². The predicted molar refractivity (Wildman–Crippen MR) is 68.2 cm³/mol. The van der Waals surface area contributed by atoms with Gasteiger partial charge in [0.25, 0.3) is 0 Å². The molecule has 2 aromatic rings. The van der Waals surface area contributed by atoms with Crippen LogP contribution in [0, 0.1) is 0 Å². The Morgan fingerprint density at radius 3 is 3.11 bits per heavy atom. The monoisotopic (exact) mass is 265 g/mol. The molecule has 0 amide bonds. The number of hydrogen-bond donors (Lipinski definition) is 1. The first-order valence-electron chi connectivity index (χ1n) is 6.32. The normalized spacial score (nSPS) is 12.8. The molecule has 7 heteroatoms. The number of nitrogens with two attached hydrogens (primary N) is 1. The van der Waals surface area contributed by atoms with Crippen LogP contribution in [0.2, 0.25) is 0 Å². The summed E-state index contributed by atoms with van der Waals surface area (Å²) in [7, 11) is 1.61. The standard InChI is InChI=1S/C12H19N5O2/c1-3-4-11(13)12-7-17(16-14-12)6-9-5-10(8-18-2)19-15-9/h5,7,11H,3-4,6,8,13H2,1-2H3. The molecule has 0 saturated heterocycles. The van der Waals surface area contributed by atoms with E-state index in [2.05, 4.69) is 22.4 Å². The Bertz CT molecular complexity index is 508. The third-order valence-electron chi connectivity index (χ3n) is 2.75. The van der Waals surface area contributed by atoms with Crippen molar-refractivity contribution in [1.29, 1.82) is 0 Å². The van der Waals surface area contributed by atoms with Gasteiger partial charge >= 0.3 is 0 Å². The van der Waals surface area contributed by atoms with Gasteiger partial charge in [0.1, 0.15) is 12.3 Å². The molecular formula is C12H19N5O2. The highest BCUT2D eigenvalue weighted by Crippen LogP contribution is 2.13. The van der Waals surface area contributed by atoms with E-state index < -0.39 is 0 Å². The molecule has 0 aliphatic rings. The molecule has 0 bridgehead atoms. The van der Waals surface area contributed by atoms with Gasteiger partial charge in [0.15, 0.2) is 5.76 Å². The van der Waals surface area contributed by atoms with Crippen LogP contribution in [0.4, 0.5) is 0 Å². The molecule has 1 atom stereocenters. The van der Waals surface area contributed by atoms with Crippen LogP contribution in [0.25, 0.3) is 0 Å². The molecule has 0 aliphatic heterocycles. The Kier molecular flexibility index (Phi) is 4.64. The minimum Gasteiger partial charge on any atom is -0.377 e. The first-order chi connectivity index (χ1) is 9.22. The molecule has 2 aromatic heterocycles. The molecule has 104 valence electrons. The van der Waals surface area contributed by atoms with E-state index in [-0.39, 0.29) is 6.04 Å². The van der Waals surface area contributed by atoms with Crippen molar-refractivity contribution in [3.05, 3.63) is 29.4 Å². The van der Waals surface area contributed by atoms with Crippen molar-refractivity contribution in [3.8, 4) is 0 Å². The lowest BCUT2D eigenvalue weighted by Crippen LogP contribution is -2.10. The van der Waals surface area contributed by atoms with Crippen molar-refractivity contribution in [1.82, 2.24) is 20.2 Å². The second-order valence-electron chi connectivity index (χ2n) is 4.45. The summed E-state index contributed by atoms with van der Waals surface area (Å²) in [6.07, 6.45) is 3.78. The van der Waals surface area contributed by atoms with Crippen LogP contribution in [0.1, 0.15) is 43.0 Å². The minimum absolute atomic E-state index is 0.0555. The molecule has 2 heterocycles. The third kappa shape index (κ3) is 3.62. The van der Waals surface area contributed by atoms with Crippen LogP contribution in [0.3, 0.4) is 0 Å². The number of methoxy groups -OCH3 is 1. The highest BCUT2D eigenvalue weighted by Gasteiger charge is 2.11. The maximum Gasteiger partial charge on any atom is 0.162 e. The minimum atomic E-state index is -0.0555. The zero-order chi connectivity index (χ0) is 13.7. The maximum atomic E-state index is 5.99. The van der Waals surface area contributed by atoms with Crippen LogP contribution in [0.5, 0.6) is 0 Å². The second kappa shape index (κ2) is 6.44. The summed E-state index contributed by atoms with van der Waals surface area (Å²) in [6.45, 7) is 3.02. The van der Waals surface area contributed by atoms with Crippen molar-refractivity contribution in [2.75, 3.05) is 7.11 Å². The molecule has 2 N–H and O–H groups in total. The largest absolute Gasteiger partial charge is 0.377 e. The molecule has 7 nitrogen and oxygen atoms in total. The Hall–Kier alpha value is -1.73. The summed E-state index contributed by atoms with van der Waals surface area (Å²) in [5.41, 5.74) is 7.58. The summed E-state index contributed by atoms with van der Waals surface area (Å²) in [4.78, 5) is 0. The van der Waals surface area contributed by atoms with Crippen LogP contribution in [0.15, 0.2) is 16.8 Å². The van der Waals surface area contributed by atoms with Crippen LogP contribution >= 0.6 is 0 Å². The van der Waals surface area contributed by atoms with E-state index >= 15 is 0 Å². The van der Waals surface area contributed by atoms with Gasteiger partial charge in [-0.05, 0) is 6.42 Å². The molecule has 0 aliphatic carbocycles. The molecule has 0 aromatic carbocycles. The van der Waals surface area contributed by atoms with Crippen molar-refractivity contribution in [3.63, 3.8) is 0 Å². The fourth-order valence-corrected chi connectivity index (χ4v) is 1.83. The molecule has 0 radical (unpaired) electrons. The van der Waals surface area contributed by atoms with E-state index in [9.17, 15) is 0 Å². The zero-order valence-corrected chi connectivity index (χ0v) is 11.2. The van der Waals surface area contributed by atoms with Crippen LogP contribution in [-0.2, 0) is 17.9 Å². The van der Waals surface area contributed by atoms with Gasteiger partial charge in [0, 0.05) is 13.2 Å². The number of rotatable bonds is 7. The smallest absolute Gasteiger partial charge is 0.162 e. The van der Waals surface area contributed by atoms with Crippen molar-refractivity contribution in [2.45, 2.75) is 39.0 Å². The van der Waals surface area contributed by atoms with Gasteiger partial charge in [-0.2, -0.15) is 0 Å². The average molecular weight is 265 g/mol. The van der Waals surface area contributed by atoms with Crippen molar-refractivity contribution >= 4 is 0 Å². The van der Waals surface area contributed by atoms with Crippen LogP contribution in [-0.4, -0.2) is 27.3 Å². The summed E-state index contributed by atoms with van der Waals surface area (Å²) in [5, 5.41) is 12.1. The lowest BCUT2D eigenvalue weighted by Gasteiger charge is -2.04. The van der Waals surface area contributed by atoms with Gasteiger partial charge in [0.2, 0.25) is 0 Å². The Morgan fingerprint density at radius 2 is 2.37 bits per heavy atom. The lowest BCUT2D eigenvalue weighted by molar-refractivity contribution is 0.155. The highest BCUT2D eigenvalue weighted by atomic mass is 16.5. The van der Waals surface area contributed by atoms with E-state index in [4.69, 9.17) is 15.0 Å². The van der Waals surface area contributed by atoms with Gasteiger partial charge in [0.05, 0.1) is 24.5 Å². The van der Waals surface area contributed by atoms with Crippen molar-refractivity contribution < 1.29 is 9.26 Å². The molecule has 0 fully saturated rings. The van der Waals surface area contributed by atoms with E-state index in [1.807, 2.05) is 12.3 Å². The van der Waals surface area contributed by atoms with E-state index in [1.165, 1.54) is 0 Å². The first-order valence-corrected chi connectivity index (χ1v) is 6.32. The van der Waals surface area contributed by atoms with E-state index in [0.29, 0.717) is 18.9 Å². The number of aromatic nitrogens is 4. The highest BCUT2D eigenvalue weighted by molar-refractivity contribution is 5.06. The summed E-state index contributed by atoms with van der Waals surface area (Å²) in [6, 6.07) is 1.79. The number of ether oxygens (including phenoxy) is 1. The van der Waals surface area contributed by atoms with E-state index in [0.717, 1.165) is 24.2 Å². The van der Waals surface area contributed by atoms with Gasteiger partial charge in [-0.1, -0.05) is 23.7 Å². The van der Waals surface area contributed by atoms with Crippen molar-refractivity contribution in [2.24, 2.45) is 5.73 Å². The predicted octanol–water partition coefficient (Wildman–Crippen LogP) is 1.26. The lowest BCUT2D eigenvalue weighted by atomic mass is 10.1. The SMILES string of the molecule is CCCC(N)c1cn(Cc2cc(COC)on2)nn1. The molecule has 0 saturated carbocycles. The summed E-state index contributed by atoms with van der Waals surface area (Å²) < 4.78 is 11.8. The molecule has 19 heavy (non-hydrogen) atoms. The van der Waals surface area contributed by atoms with Gasteiger partial charge < -0.3 is 15.0 Å². The molecule has 0 spiro atoms. The fourth-order valence-electron chi connectivity index (χ4n) is 1.83. The van der Waals surface area contributed by atoms with Gasteiger partial charge in [-0.25, -0.2) is 4.68 Å². The topological polar surface area (TPSA) is 92.0 Å².